The summed E-state index contributed by atoms with van der Waals surface area (Å²) >= 11 is 4.59. The molecule has 0 bridgehead atoms. The Balaban J connectivity index is 2.10. The smallest absolute Gasteiger partial charge is 0.291 e. The van der Waals surface area contributed by atoms with Crippen molar-refractivity contribution in [2.45, 2.75) is 0 Å². The Hall–Kier alpha value is -2.26. The van der Waals surface area contributed by atoms with Gasteiger partial charge in [-0.3, -0.25) is 9.59 Å². The Bertz CT molecular complexity index is 965. The number of ether oxygens (including phenoxy) is 1. The van der Waals surface area contributed by atoms with Gasteiger partial charge in [0.1, 0.15) is 12.1 Å². The van der Waals surface area contributed by atoms with Gasteiger partial charge in [0.05, 0.1) is 4.53 Å². The second kappa shape index (κ2) is 5.85. The molecule has 0 radical (unpaired) electrons. The first kappa shape index (κ1) is 14.7. The molecule has 0 atom stereocenters. The molecule has 0 unspecified atom stereocenters. The number of rotatable bonds is 4. The number of carbonyl (C=O) groups excluding carboxylic acids is 1. The van der Waals surface area contributed by atoms with Crippen LogP contribution in [0.1, 0.15) is 5.56 Å². The number of halogens is 1. The van der Waals surface area contributed by atoms with E-state index in [1.54, 1.807) is 24.3 Å². The first-order valence-electron chi connectivity index (χ1n) is 6.09. The molecule has 3 aromatic rings. The van der Waals surface area contributed by atoms with Crippen LogP contribution in [-0.2, 0) is 4.79 Å². The van der Waals surface area contributed by atoms with E-state index in [1.807, 2.05) is 0 Å². The number of aromatic nitrogens is 3. The van der Waals surface area contributed by atoms with Crippen molar-refractivity contribution in [3.8, 4) is 5.75 Å². The molecule has 0 aliphatic heterocycles. The number of hydrogen-bond acceptors (Lipinski definition) is 6. The highest BCUT2D eigenvalue weighted by Crippen LogP contribution is 2.24. The highest BCUT2D eigenvalue weighted by Gasteiger charge is 2.08. The number of fused-ring (bicyclic) bond motifs is 1. The Kier molecular flexibility index (Phi) is 3.90. The van der Waals surface area contributed by atoms with Gasteiger partial charge in [-0.25, -0.2) is 4.98 Å². The van der Waals surface area contributed by atoms with Crippen molar-refractivity contribution in [1.29, 1.82) is 0 Å². The normalized spacial score (nSPS) is 12.0. The Labute approximate surface area is 136 Å². The van der Waals surface area contributed by atoms with E-state index < -0.39 is 5.91 Å². The summed E-state index contributed by atoms with van der Waals surface area (Å²) in [5.74, 6) is -0.113. The van der Waals surface area contributed by atoms with E-state index in [4.69, 9.17) is 10.5 Å². The summed E-state index contributed by atoms with van der Waals surface area (Å²) in [6.45, 7) is -0.234. The molecule has 2 N–H and O–H groups in total. The second-order valence-corrected chi connectivity index (χ2v) is 6.23. The molecular weight excluding hydrogens is 372 g/mol. The number of primary amides is 1. The standard InChI is InChI=1S/C13H9BrN4O3S/c14-8-1-2-9(21-5-11(15)19)7(3-8)4-10-12(20)18-13(22-10)16-6-17-18/h1-4,6H,5H2,(H2,15,19)/b10-4-. The van der Waals surface area contributed by atoms with Crippen molar-refractivity contribution in [3.05, 3.63) is 49.4 Å². The topological polar surface area (TPSA) is 99.6 Å². The molecular formula is C13H9BrN4O3S. The molecule has 0 saturated carbocycles. The lowest BCUT2D eigenvalue weighted by atomic mass is 10.2. The van der Waals surface area contributed by atoms with Gasteiger partial charge in [-0.2, -0.15) is 9.61 Å². The van der Waals surface area contributed by atoms with Crippen molar-refractivity contribution >= 4 is 44.2 Å². The minimum Gasteiger partial charge on any atom is -0.483 e. The van der Waals surface area contributed by atoms with E-state index in [2.05, 4.69) is 26.0 Å². The van der Waals surface area contributed by atoms with Gasteiger partial charge >= 0.3 is 0 Å². The van der Waals surface area contributed by atoms with Gasteiger partial charge in [-0.05, 0) is 24.3 Å². The van der Waals surface area contributed by atoms with Crippen molar-refractivity contribution < 1.29 is 9.53 Å². The Morgan fingerprint density at radius 2 is 2.32 bits per heavy atom. The average molecular weight is 381 g/mol. The summed E-state index contributed by atoms with van der Waals surface area (Å²) < 4.78 is 7.88. The van der Waals surface area contributed by atoms with E-state index in [0.717, 1.165) is 4.47 Å². The zero-order valence-electron chi connectivity index (χ0n) is 11.0. The maximum absolute atomic E-state index is 12.2. The van der Waals surface area contributed by atoms with E-state index in [9.17, 15) is 9.59 Å². The first-order valence-corrected chi connectivity index (χ1v) is 7.70. The Morgan fingerprint density at radius 1 is 1.50 bits per heavy atom. The van der Waals surface area contributed by atoms with Crippen LogP contribution in [0.3, 0.4) is 0 Å². The number of nitrogens with two attached hydrogens (primary N) is 1. The summed E-state index contributed by atoms with van der Waals surface area (Å²) in [6.07, 6.45) is 3.00. The zero-order valence-corrected chi connectivity index (χ0v) is 13.4. The third kappa shape index (κ3) is 2.85. The van der Waals surface area contributed by atoms with Gasteiger partial charge in [-0.15, -0.1) is 0 Å². The number of thiazole rings is 1. The molecule has 9 heteroatoms. The average Bonchev–Trinajstić information content (AvgIpc) is 3.02. The maximum Gasteiger partial charge on any atom is 0.291 e. The molecule has 2 heterocycles. The van der Waals surface area contributed by atoms with Gasteiger partial charge < -0.3 is 10.5 Å². The van der Waals surface area contributed by atoms with Crippen LogP contribution in [0.4, 0.5) is 0 Å². The van der Waals surface area contributed by atoms with Gasteiger partial charge in [0.15, 0.2) is 6.61 Å². The minimum atomic E-state index is -0.572. The largest absolute Gasteiger partial charge is 0.483 e. The van der Waals surface area contributed by atoms with Crippen LogP contribution in [0.15, 0.2) is 33.8 Å². The first-order chi connectivity index (χ1) is 10.5. The molecule has 7 nitrogen and oxygen atoms in total. The van der Waals surface area contributed by atoms with Gasteiger partial charge in [-0.1, -0.05) is 27.3 Å². The lowest BCUT2D eigenvalue weighted by Crippen LogP contribution is -2.24. The third-order valence-electron chi connectivity index (χ3n) is 2.75. The summed E-state index contributed by atoms with van der Waals surface area (Å²) in [6, 6.07) is 5.25. The monoisotopic (exact) mass is 380 g/mol. The van der Waals surface area contributed by atoms with E-state index in [-0.39, 0.29) is 12.2 Å². The van der Waals surface area contributed by atoms with Gasteiger partial charge in [0, 0.05) is 10.0 Å². The lowest BCUT2D eigenvalue weighted by molar-refractivity contribution is -0.119. The molecule has 2 aromatic heterocycles. The van der Waals surface area contributed by atoms with E-state index in [0.29, 0.717) is 20.8 Å². The van der Waals surface area contributed by atoms with Crippen LogP contribution in [0.2, 0.25) is 0 Å². The SMILES string of the molecule is NC(=O)COc1ccc(Br)cc1/C=c1\sc2ncnn2c1=O. The quantitative estimate of drug-likeness (QED) is 0.702. The minimum absolute atomic E-state index is 0.234. The molecule has 0 aliphatic carbocycles. The fourth-order valence-electron chi connectivity index (χ4n) is 1.83. The second-order valence-electron chi connectivity index (χ2n) is 4.31. The van der Waals surface area contributed by atoms with Crippen molar-refractivity contribution in [3.63, 3.8) is 0 Å². The number of amides is 1. The van der Waals surface area contributed by atoms with Crippen LogP contribution in [0, 0.1) is 0 Å². The summed E-state index contributed by atoms with van der Waals surface area (Å²) in [5.41, 5.74) is 5.48. The third-order valence-corrected chi connectivity index (χ3v) is 4.22. The number of benzene rings is 1. The summed E-state index contributed by atoms with van der Waals surface area (Å²) in [5, 5.41) is 3.86. The molecule has 0 fully saturated rings. The number of carbonyl (C=O) groups is 1. The zero-order chi connectivity index (χ0) is 15.7. The maximum atomic E-state index is 12.2. The van der Waals surface area contributed by atoms with Crippen molar-refractivity contribution in [2.24, 2.45) is 5.73 Å². The molecule has 0 aliphatic rings. The molecule has 3 rings (SSSR count). The summed E-state index contributed by atoms with van der Waals surface area (Å²) in [4.78, 5) is 27.5. The van der Waals surface area contributed by atoms with Crippen LogP contribution in [0.5, 0.6) is 5.75 Å². The molecule has 1 aromatic carbocycles. The van der Waals surface area contributed by atoms with Crippen molar-refractivity contribution in [1.82, 2.24) is 14.6 Å². The predicted octanol–water partition coefficient (Wildman–Crippen LogP) is 0.325. The highest BCUT2D eigenvalue weighted by atomic mass is 79.9. The molecule has 22 heavy (non-hydrogen) atoms. The van der Waals surface area contributed by atoms with E-state index >= 15 is 0 Å². The molecule has 0 spiro atoms. The van der Waals surface area contributed by atoms with Crippen LogP contribution in [0.25, 0.3) is 11.0 Å². The molecule has 1 amide bonds. The summed E-state index contributed by atoms with van der Waals surface area (Å²) in [7, 11) is 0. The van der Waals surface area contributed by atoms with Crippen molar-refractivity contribution in [2.75, 3.05) is 6.61 Å². The van der Waals surface area contributed by atoms with E-state index in [1.165, 1.54) is 22.2 Å². The van der Waals surface area contributed by atoms with Crippen LogP contribution < -0.4 is 20.6 Å². The van der Waals surface area contributed by atoms with Gasteiger partial charge in [0.25, 0.3) is 11.5 Å². The molecule has 112 valence electrons. The Morgan fingerprint density at radius 3 is 3.05 bits per heavy atom. The van der Waals surface area contributed by atoms with Crippen LogP contribution in [-0.4, -0.2) is 27.1 Å². The predicted molar refractivity (Wildman–Crippen MR) is 84.8 cm³/mol. The lowest BCUT2D eigenvalue weighted by Gasteiger charge is -2.07. The van der Waals surface area contributed by atoms with Crippen LogP contribution >= 0.6 is 27.3 Å². The number of hydrogen-bond donors (Lipinski definition) is 1. The van der Waals surface area contributed by atoms with Gasteiger partial charge in [0.2, 0.25) is 4.96 Å². The number of nitrogens with zero attached hydrogens (tertiary/aromatic N) is 3. The molecule has 0 saturated heterocycles. The fourth-order valence-corrected chi connectivity index (χ4v) is 3.08. The highest BCUT2D eigenvalue weighted by molar-refractivity contribution is 9.10. The fraction of sp³-hybridized carbons (Fsp3) is 0.0769.